The molecule has 1 aliphatic rings. The first-order valence-corrected chi connectivity index (χ1v) is 12.7. The number of halogens is 1. The lowest BCUT2D eigenvalue weighted by molar-refractivity contribution is 0.102. The highest BCUT2D eigenvalue weighted by atomic mass is 32.2. The summed E-state index contributed by atoms with van der Waals surface area (Å²) in [5.74, 6) is 0.0185. The summed E-state index contributed by atoms with van der Waals surface area (Å²) in [4.78, 5) is 17.0. The maximum atomic E-state index is 13.3. The van der Waals surface area contributed by atoms with Crippen LogP contribution in [0.1, 0.15) is 36.0 Å². The fraction of sp³-hybridized carbons (Fsp3) is 0.280. The van der Waals surface area contributed by atoms with Gasteiger partial charge in [-0.05, 0) is 61.4 Å². The molecular weight excluding hydrogens is 473 g/mol. The minimum Gasteiger partial charge on any atom is -0.495 e. The van der Waals surface area contributed by atoms with E-state index in [2.05, 4.69) is 10.3 Å². The quantitative estimate of drug-likeness (QED) is 0.500. The molecule has 1 saturated heterocycles. The van der Waals surface area contributed by atoms with Crippen molar-refractivity contribution in [3.63, 3.8) is 0 Å². The molecule has 1 fully saturated rings. The van der Waals surface area contributed by atoms with E-state index in [0.29, 0.717) is 24.5 Å². The number of rotatable bonds is 7. The molecule has 0 unspecified atom stereocenters. The maximum Gasteiger partial charge on any atom is 0.255 e. The molecule has 1 aromatic heterocycles. The Morgan fingerprint density at radius 2 is 1.71 bits per heavy atom. The topological polar surface area (TPSA) is 97.8 Å². The number of hydrogen-bond donors (Lipinski definition) is 1. The van der Waals surface area contributed by atoms with Crippen molar-refractivity contribution >= 4 is 21.6 Å². The van der Waals surface area contributed by atoms with Crippen molar-refractivity contribution in [1.29, 1.82) is 0 Å². The number of aromatic nitrogens is 1. The Balaban J connectivity index is 1.50. The average molecular weight is 500 g/mol. The Kier molecular flexibility index (Phi) is 7.62. The Labute approximate surface area is 203 Å². The van der Waals surface area contributed by atoms with Crippen molar-refractivity contribution in [1.82, 2.24) is 9.29 Å². The third-order valence-electron chi connectivity index (χ3n) is 5.64. The molecule has 35 heavy (non-hydrogen) atoms. The molecule has 0 atom stereocenters. The second-order valence-electron chi connectivity index (χ2n) is 8.08. The third kappa shape index (κ3) is 5.95. The van der Waals surface area contributed by atoms with E-state index in [0.717, 1.165) is 25.7 Å². The Morgan fingerprint density at radius 3 is 2.34 bits per heavy atom. The van der Waals surface area contributed by atoms with E-state index in [9.17, 15) is 17.6 Å². The van der Waals surface area contributed by atoms with Crippen LogP contribution in [-0.4, -0.2) is 43.8 Å². The molecule has 3 aromatic rings. The summed E-state index contributed by atoms with van der Waals surface area (Å²) in [6.45, 7) is 0.889. The lowest BCUT2D eigenvalue weighted by atomic mass is 10.2. The zero-order chi connectivity index (χ0) is 24.8. The summed E-state index contributed by atoms with van der Waals surface area (Å²) in [7, 11) is -2.42. The standard InChI is InChI=1S/C25H26FN3O5S/c1-33-22-12-6-18(16-23(22)35(31,32)29-14-4-2-3-5-15-29)25(30)28-20-9-13-24(27-17-20)34-21-10-7-19(26)8-11-21/h6-13,16-17H,2-5,14-15H2,1H3,(H,28,30). The summed E-state index contributed by atoms with van der Waals surface area (Å²) in [6.07, 6.45) is 5.00. The molecule has 1 N–H and O–H groups in total. The number of benzene rings is 2. The molecule has 8 nitrogen and oxygen atoms in total. The number of pyridine rings is 1. The monoisotopic (exact) mass is 499 g/mol. The number of methoxy groups -OCH3 is 1. The molecule has 0 bridgehead atoms. The summed E-state index contributed by atoms with van der Waals surface area (Å²) in [5.41, 5.74) is 0.569. The van der Waals surface area contributed by atoms with Crippen LogP contribution in [0.25, 0.3) is 0 Å². The fourth-order valence-corrected chi connectivity index (χ4v) is 5.48. The van der Waals surface area contributed by atoms with Crippen molar-refractivity contribution in [2.45, 2.75) is 30.6 Å². The predicted molar refractivity (Wildman–Crippen MR) is 129 cm³/mol. The van der Waals surface area contributed by atoms with E-state index in [1.54, 1.807) is 12.1 Å². The lowest BCUT2D eigenvalue weighted by Gasteiger charge is -2.21. The molecule has 10 heteroatoms. The number of nitrogens with one attached hydrogen (secondary N) is 1. The molecule has 0 spiro atoms. The second-order valence-corrected chi connectivity index (χ2v) is 9.99. The van der Waals surface area contributed by atoms with Crippen LogP contribution in [0.4, 0.5) is 10.1 Å². The number of anilines is 1. The predicted octanol–water partition coefficient (Wildman–Crippen LogP) is 4.84. The average Bonchev–Trinajstić information content (AvgIpc) is 3.16. The van der Waals surface area contributed by atoms with Gasteiger partial charge in [0.05, 0.1) is 19.0 Å². The number of carbonyl (C=O) groups is 1. The maximum absolute atomic E-state index is 13.3. The smallest absolute Gasteiger partial charge is 0.255 e. The van der Waals surface area contributed by atoms with E-state index in [-0.39, 0.29) is 27.9 Å². The van der Waals surface area contributed by atoms with Crippen LogP contribution >= 0.6 is 0 Å². The Morgan fingerprint density at radius 1 is 1.00 bits per heavy atom. The minimum absolute atomic E-state index is 0.0317. The molecule has 0 saturated carbocycles. The van der Waals surface area contributed by atoms with Crippen LogP contribution in [0.15, 0.2) is 65.7 Å². The minimum atomic E-state index is -3.82. The molecule has 1 aliphatic heterocycles. The second kappa shape index (κ2) is 10.8. The molecule has 1 amide bonds. The van der Waals surface area contributed by atoms with Gasteiger partial charge in [0.2, 0.25) is 15.9 Å². The van der Waals surface area contributed by atoms with Crippen LogP contribution < -0.4 is 14.8 Å². The van der Waals surface area contributed by atoms with E-state index in [1.807, 2.05) is 0 Å². The van der Waals surface area contributed by atoms with Gasteiger partial charge in [-0.15, -0.1) is 0 Å². The number of ether oxygens (including phenoxy) is 2. The van der Waals surface area contributed by atoms with Gasteiger partial charge in [-0.1, -0.05) is 12.8 Å². The normalized spacial score (nSPS) is 14.7. The van der Waals surface area contributed by atoms with E-state index < -0.39 is 15.9 Å². The molecule has 184 valence electrons. The van der Waals surface area contributed by atoms with Gasteiger partial charge in [-0.25, -0.2) is 17.8 Å². The zero-order valence-corrected chi connectivity index (χ0v) is 20.1. The fourth-order valence-electron chi connectivity index (χ4n) is 3.78. The van der Waals surface area contributed by atoms with Gasteiger partial charge in [-0.3, -0.25) is 4.79 Å². The number of amides is 1. The van der Waals surface area contributed by atoms with Gasteiger partial charge in [-0.2, -0.15) is 4.31 Å². The summed E-state index contributed by atoms with van der Waals surface area (Å²) in [6, 6.07) is 13.0. The van der Waals surface area contributed by atoms with Crippen LogP contribution in [-0.2, 0) is 10.0 Å². The van der Waals surface area contributed by atoms with Gasteiger partial charge in [0, 0.05) is 24.7 Å². The van der Waals surface area contributed by atoms with Gasteiger partial charge in [0.1, 0.15) is 22.2 Å². The van der Waals surface area contributed by atoms with Crippen LogP contribution in [0.3, 0.4) is 0 Å². The number of nitrogens with zero attached hydrogens (tertiary/aromatic N) is 2. The first-order valence-electron chi connectivity index (χ1n) is 11.3. The van der Waals surface area contributed by atoms with Crippen LogP contribution in [0.5, 0.6) is 17.4 Å². The SMILES string of the molecule is COc1ccc(C(=O)Nc2ccc(Oc3ccc(F)cc3)nc2)cc1S(=O)(=O)N1CCCCCC1. The van der Waals surface area contributed by atoms with E-state index in [4.69, 9.17) is 9.47 Å². The molecular formula is C25H26FN3O5S. The van der Waals surface area contributed by atoms with Gasteiger partial charge in [0.25, 0.3) is 5.91 Å². The summed E-state index contributed by atoms with van der Waals surface area (Å²) in [5, 5.41) is 2.71. The van der Waals surface area contributed by atoms with Gasteiger partial charge in [0.15, 0.2) is 0 Å². The summed E-state index contributed by atoms with van der Waals surface area (Å²) < 4.78 is 52.0. The van der Waals surface area contributed by atoms with Gasteiger partial charge >= 0.3 is 0 Å². The first kappa shape index (κ1) is 24.6. The molecule has 0 aliphatic carbocycles. The molecule has 0 radical (unpaired) electrons. The molecule has 4 rings (SSSR count). The van der Waals surface area contributed by atoms with Crippen molar-refractivity contribution in [2.75, 3.05) is 25.5 Å². The highest BCUT2D eigenvalue weighted by Crippen LogP contribution is 2.30. The lowest BCUT2D eigenvalue weighted by Crippen LogP contribution is -2.32. The number of hydrogen-bond acceptors (Lipinski definition) is 6. The van der Waals surface area contributed by atoms with Crippen molar-refractivity contribution in [2.24, 2.45) is 0 Å². The van der Waals surface area contributed by atoms with Crippen LogP contribution in [0, 0.1) is 5.82 Å². The third-order valence-corrected chi connectivity index (χ3v) is 7.56. The van der Waals surface area contributed by atoms with E-state index >= 15 is 0 Å². The molecule has 2 aromatic carbocycles. The largest absolute Gasteiger partial charge is 0.495 e. The van der Waals surface area contributed by atoms with Gasteiger partial charge < -0.3 is 14.8 Å². The number of sulfonamides is 1. The van der Waals surface area contributed by atoms with Crippen molar-refractivity contribution < 1.29 is 27.1 Å². The summed E-state index contributed by atoms with van der Waals surface area (Å²) >= 11 is 0. The highest BCUT2D eigenvalue weighted by molar-refractivity contribution is 7.89. The highest BCUT2D eigenvalue weighted by Gasteiger charge is 2.29. The first-order chi connectivity index (χ1) is 16.9. The number of carbonyl (C=O) groups excluding carboxylic acids is 1. The van der Waals surface area contributed by atoms with E-state index in [1.165, 1.54) is 60.1 Å². The zero-order valence-electron chi connectivity index (χ0n) is 19.2. The Hall–Kier alpha value is -3.50. The van der Waals surface area contributed by atoms with Crippen molar-refractivity contribution in [3.05, 3.63) is 72.2 Å². The Bertz CT molecular complexity index is 1270. The van der Waals surface area contributed by atoms with Crippen LogP contribution in [0.2, 0.25) is 0 Å². The van der Waals surface area contributed by atoms with Crippen molar-refractivity contribution in [3.8, 4) is 17.4 Å². The molecule has 2 heterocycles.